The number of halogens is 1. The molecule has 0 saturated heterocycles. The maximum absolute atomic E-state index is 11.9. The van der Waals surface area contributed by atoms with Gasteiger partial charge in [0, 0.05) is 0 Å². The van der Waals surface area contributed by atoms with Crippen molar-refractivity contribution in [1.29, 1.82) is 0 Å². The van der Waals surface area contributed by atoms with Crippen LogP contribution < -0.4 is 15.8 Å². The summed E-state index contributed by atoms with van der Waals surface area (Å²) in [5, 5.41) is 2.83. The van der Waals surface area contributed by atoms with Crippen molar-refractivity contribution < 1.29 is 9.53 Å². The van der Waals surface area contributed by atoms with Crippen LogP contribution in [-0.4, -0.2) is 18.6 Å². The molecule has 0 fully saturated rings. The molecule has 1 unspecified atom stereocenters. The van der Waals surface area contributed by atoms with Crippen LogP contribution in [0.1, 0.15) is 33.6 Å². The molecule has 1 aromatic rings. The normalized spacial score (nSPS) is 11.7. The Kier molecular flexibility index (Phi) is 9.01. The van der Waals surface area contributed by atoms with Gasteiger partial charge in [-0.25, -0.2) is 0 Å². The van der Waals surface area contributed by atoms with Gasteiger partial charge in [0.05, 0.1) is 18.3 Å². The maximum atomic E-state index is 11.9. The van der Waals surface area contributed by atoms with Crippen molar-refractivity contribution in [3.05, 3.63) is 24.3 Å². The fraction of sp³-hybridized carbons (Fsp3) is 0.533. The zero-order chi connectivity index (χ0) is 14.3. The van der Waals surface area contributed by atoms with E-state index in [0.717, 1.165) is 6.42 Å². The Bertz CT molecular complexity index is 411. The van der Waals surface area contributed by atoms with E-state index in [0.29, 0.717) is 30.4 Å². The molecule has 0 heterocycles. The van der Waals surface area contributed by atoms with Crippen LogP contribution in [0.15, 0.2) is 24.3 Å². The summed E-state index contributed by atoms with van der Waals surface area (Å²) in [6.45, 7) is 6.79. The van der Waals surface area contributed by atoms with Crippen LogP contribution in [0.2, 0.25) is 0 Å². The summed E-state index contributed by atoms with van der Waals surface area (Å²) < 4.78 is 5.68. The molecule has 0 aliphatic heterocycles. The largest absolute Gasteiger partial charge is 0.491 e. The van der Waals surface area contributed by atoms with E-state index >= 15 is 0 Å². The molecular formula is C15H25ClN2O2. The summed E-state index contributed by atoms with van der Waals surface area (Å²) in [5.41, 5.74) is 6.48. The highest BCUT2D eigenvalue weighted by atomic mass is 35.5. The van der Waals surface area contributed by atoms with Crippen LogP contribution in [0.5, 0.6) is 5.75 Å². The Labute approximate surface area is 127 Å². The predicted octanol–water partition coefficient (Wildman–Crippen LogP) is 3.21. The van der Waals surface area contributed by atoms with Crippen molar-refractivity contribution in [3.63, 3.8) is 0 Å². The number of nitrogens with two attached hydrogens (primary N) is 1. The van der Waals surface area contributed by atoms with Crippen molar-refractivity contribution in [2.24, 2.45) is 11.7 Å². The summed E-state index contributed by atoms with van der Waals surface area (Å²) in [5.74, 6) is 0.960. The summed E-state index contributed by atoms with van der Waals surface area (Å²) in [4.78, 5) is 11.9. The first-order chi connectivity index (χ1) is 9.04. The molecule has 0 spiro atoms. The molecule has 0 saturated carbocycles. The third-order valence-corrected chi connectivity index (χ3v) is 2.65. The zero-order valence-electron chi connectivity index (χ0n) is 12.4. The number of nitrogens with one attached hydrogen (secondary N) is 1. The number of para-hydroxylation sites is 2. The van der Waals surface area contributed by atoms with E-state index in [2.05, 4.69) is 19.2 Å². The molecule has 1 rings (SSSR count). The second-order valence-corrected chi connectivity index (χ2v) is 5.09. The summed E-state index contributed by atoms with van der Waals surface area (Å²) in [6.07, 6.45) is 1.57. The van der Waals surface area contributed by atoms with Gasteiger partial charge in [-0.15, -0.1) is 12.4 Å². The van der Waals surface area contributed by atoms with Crippen molar-refractivity contribution in [1.82, 2.24) is 0 Å². The molecule has 0 aliphatic rings. The topological polar surface area (TPSA) is 64.4 Å². The quantitative estimate of drug-likeness (QED) is 0.812. The van der Waals surface area contributed by atoms with Gasteiger partial charge in [-0.2, -0.15) is 0 Å². The van der Waals surface area contributed by atoms with Gasteiger partial charge in [0.2, 0.25) is 5.91 Å². The first-order valence-electron chi connectivity index (χ1n) is 6.82. The SMILES string of the molecule is CCCC(N)C(=O)Nc1ccccc1OCC(C)C.Cl. The standard InChI is InChI=1S/C15H24N2O2.ClH/c1-4-7-12(16)15(18)17-13-8-5-6-9-14(13)19-10-11(2)3;/h5-6,8-9,11-12H,4,7,10,16H2,1-3H3,(H,17,18);1H. The number of hydrogen-bond donors (Lipinski definition) is 2. The van der Waals surface area contributed by atoms with E-state index in [1.165, 1.54) is 0 Å². The van der Waals surface area contributed by atoms with Crippen molar-refractivity contribution in [2.75, 3.05) is 11.9 Å². The minimum atomic E-state index is -0.469. The number of ether oxygens (including phenoxy) is 1. The number of carbonyl (C=O) groups excluding carboxylic acids is 1. The lowest BCUT2D eigenvalue weighted by atomic mass is 10.1. The average molecular weight is 301 g/mol. The Hall–Kier alpha value is -1.26. The van der Waals surface area contributed by atoms with Crippen LogP contribution in [0.4, 0.5) is 5.69 Å². The smallest absolute Gasteiger partial charge is 0.241 e. The van der Waals surface area contributed by atoms with Gasteiger partial charge in [-0.05, 0) is 24.5 Å². The predicted molar refractivity (Wildman–Crippen MR) is 85.5 cm³/mol. The molecule has 20 heavy (non-hydrogen) atoms. The number of hydrogen-bond acceptors (Lipinski definition) is 3. The van der Waals surface area contributed by atoms with Crippen molar-refractivity contribution in [2.45, 2.75) is 39.7 Å². The molecule has 3 N–H and O–H groups in total. The fourth-order valence-electron chi connectivity index (χ4n) is 1.62. The van der Waals surface area contributed by atoms with Crippen LogP contribution in [0.3, 0.4) is 0 Å². The van der Waals surface area contributed by atoms with Crippen LogP contribution in [0, 0.1) is 5.92 Å². The second kappa shape index (κ2) is 9.61. The molecule has 4 nitrogen and oxygen atoms in total. The van der Waals surface area contributed by atoms with Gasteiger partial charge in [0.1, 0.15) is 5.75 Å². The third kappa shape index (κ3) is 6.26. The Morgan fingerprint density at radius 1 is 1.35 bits per heavy atom. The van der Waals surface area contributed by atoms with E-state index in [-0.39, 0.29) is 18.3 Å². The van der Waals surface area contributed by atoms with E-state index < -0.39 is 6.04 Å². The van der Waals surface area contributed by atoms with Gasteiger partial charge in [0.15, 0.2) is 0 Å². The van der Waals surface area contributed by atoms with E-state index in [4.69, 9.17) is 10.5 Å². The van der Waals surface area contributed by atoms with Crippen LogP contribution in [-0.2, 0) is 4.79 Å². The monoisotopic (exact) mass is 300 g/mol. The molecule has 1 amide bonds. The highest BCUT2D eigenvalue weighted by molar-refractivity contribution is 5.95. The molecule has 1 aromatic carbocycles. The van der Waals surface area contributed by atoms with E-state index in [1.54, 1.807) is 0 Å². The lowest BCUT2D eigenvalue weighted by Gasteiger charge is -2.15. The van der Waals surface area contributed by atoms with Crippen molar-refractivity contribution in [3.8, 4) is 5.75 Å². The molecule has 1 atom stereocenters. The minimum absolute atomic E-state index is 0. The van der Waals surface area contributed by atoms with Crippen LogP contribution in [0.25, 0.3) is 0 Å². The van der Waals surface area contributed by atoms with E-state index in [1.807, 2.05) is 31.2 Å². The van der Waals surface area contributed by atoms with Gasteiger partial charge in [-0.3, -0.25) is 4.79 Å². The molecule has 5 heteroatoms. The molecule has 0 radical (unpaired) electrons. The molecule has 0 aliphatic carbocycles. The number of benzene rings is 1. The number of anilines is 1. The van der Waals surface area contributed by atoms with Crippen molar-refractivity contribution >= 4 is 24.0 Å². The maximum Gasteiger partial charge on any atom is 0.241 e. The highest BCUT2D eigenvalue weighted by Crippen LogP contribution is 2.24. The Balaban J connectivity index is 0.00000361. The number of amides is 1. The molecule has 114 valence electrons. The van der Waals surface area contributed by atoms with Gasteiger partial charge in [-0.1, -0.05) is 39.3 Å². The zero-order valence-corrected chi connectivity index (χ0v) is 13.2. The first-order valence-corrected chi connectivity index (χ1v) is 6.82. The van der Waals surface area contributed by atoms with Gasteiger partial charge >= 0.3 is 0 Å². The van der Waals surface area contributed by atoms with Crippen LogP contribution >= 0.6 is 12.4 Å². The Morgan fingerprint density at radius 2 is 2.00 bits per heavy atom. The third-order valence-electron chi connectivity index (χ3n) is 2.65. The average Bonchev–Trinajstić information content (AvgIpc) is 2.37. The van der Waals surface area contributed by atoms with E-state index in [9.17, 15) is 4.79 Å². The Morgan fingerprint density at radius 3 is 2.60 bits per heavy atom. The second-order valence-electron chi connectivity index (χ2n) is 5.09. The lowest BCUT2D eigenvalue weighted by molar-refractivity contribution is -0.117. The summed E-state index contributed by atoms with van der Waals surface area (Å²) in [6, 6.07) is 6.96. The minimum Gasteiger partial charge on any atom is -0.491 e. The summed E-state index contributed by atoms with van der Waals surface area (Å²) in [7, 11) is 0. The van der Waals surface area contributed by atoms with Gasteiger partial charge < -0.3 is 15.8 Å². The van der Waals surface area contributed by atoms with Gasteiger partial charge in [0.25, 0.3) is 0 Å². The molecule has 0 aromatic heterocycles. The lowest BCUT2D eigenvalue weighted by Crippen LogP contribution is -2.35. The summed E-state index contributed by atoms with van der Waals surface area (Å²) >= 11 is 0. The molecule has 0 bridgehead atoms. The first kappa shape index (κ1) is 18.7. The fourth-order valence-corrected chi connectivity index (χ4v) is 1.62. The molecular weight excluding hydrogens is 276 g/mol. The number of rotatable bonds is 7. The highest BCUT2D eigenvalue weighted by Gasteiger charge is 2.14. The number of carbonyl (C=O) groups is 1.